The molecule has 0 saturated heterocycles. The molecule has 1 aromatic carbocycles. The molecule has 0 aliphatic rings. The van der Waals surface area contributed by atoms with Crippen LogP contribution in [0.5, 0.6) is 0 Å². The SMILES string of the molecule is CC(C)(C)/C=C/C(=O)c1ccccc1Cl. The molecular weight excluding hydrogens is 208 g/mol. The Balaban J connectivity index is 2.88. The van der Waals surface area contributed by atoms with Gasteiger partial charge in [-0.05, 0) is 23.6 Å². The third kappa shape index (κ3) is 3.88. The Morgan fingerprint density at radius 3 is 2.40 bits per heavy atom. The molecule has 0 aromatic heterocycles. The van der Waals surface area contributed by atoms with Gasteiger partial charge in [0.2, 0.25) is 0 Å². The molecule has 0 bridgehead atoms. The van der Waals surface area contributed by atoms with Crippen LogP contribution < -0.4 is 0 Å². The number of hydrogen-bond donors (Lipinski definition) is 0. The van der Waals surface area contributed by atoms with Crippen molar-refractivity contribution in [3.05, 3.63) is 47.0 Å². The minimum Gasteiger partial charge on any atom is -0.289 e. The van der Waals surface area contributed by atoms with Crippen LogP contribution in [0, 0.1) is 5.41 Å². The average molecular weight is 223 g/mol. The summed E-state index contributed by atoms with van der Waals surface area (Å²) in [6, 6.07) is 7.08. The highest BCUT2D eigenvalue weighted by Gasteiger charge is 2.09. The Bertz CT molecular complexity index is 386. The van der Waals surface area contributed by atoms with Gasteiger partial charge in [-0.1, -0.05) is 50.6 Å². The van der Waals surface area contributed by atoms with Gasteiger partial charge in [0, 0.05) is 5.56 Å². The van der Waals surface area contributed by atoms with Gasteiger partial charge in [-0.15, -0.1) is 0 Å². The van der Waals surface area contributed by atoms with E-state index in [2.05, 4.69) is 0 Å². The fourth-order valence-electron chi connectivity index (χ4n) is 1.08. The summed E-state index contributed by atoms with van der Waals surface area (Å²) in [5, 5.41) is 0.501. The van der Waals surface area contributed by atoms with Gasteiger partial charge in [0.25, 0.3) is 0 Å². The normalized spacial score (nSPS) is 12.0. The molecule has 1 aromatic rings. The van der Waals surface area contributed by atoms with Gasteiger partial charge in [-0.3, -0.25) is 4.79 Å². The smallest absolute Gasteiger partial charge is 0.187 e. The Hall–Kier alpha value is -1.08. The van der Waals surface area contributed by atoms with Gasteiger partial charge in [0.1, 0.15) is 0 Å². The van der Waals surface area contributed by atoms with E-state index in [1.807, 2.05) is 39.0 Å². The Kier molecular flexibility index (Phi) is 3.70. The van der Waals surface area contributed by atoms with Crippen molar-refractivity contribution >= 4 is 17.4 Å². The lowest BCUT2D eigenvalue weighted by atomic mass is 9.95. The molecule has 0 aliphatic carbocycles. The first-order chi connectivity index (χ1) is 6.90. The third-order valence-corrected chi connectivity index (χ3v) is 2.20. The first-order valence-corrected chi connectivity index (χ1v) is 5.26. The maximum Gasteiger partial charge on any atom is 0.187 e. The molecule has 0 atom stereocenters. The molecule has 0 saturated carbocycles. The van der Waals surface area contributed by atoms with Crippen LogP contribution in [-0.4, -0.2) is 5.78 Å². The van der Waals surface area contributed by atoms with E-state index in [4.69, 9.17) is 11.6 Å². The van der Waals surface area contributed by atoms with Crippen LogP contribution in [-0.2, 0) is 0 Å². The first-order valence-electron chi connectivity index (χ1n) is 4.88. The highest BCUT2D eigenvalue weighted by Crippen LogP contribution is 2.18. The van der Waals surface area contributed by atoms with E-state index >= 15 is 0 Å². The quantitative estimate of drug-likeness (QED) is 0.543. The molecule has 0 radical (unpaired) electrons. The van der Waals surface area contributed by atoms with Crippen LogP contribution in [0.3, 0.4) is 0 Å². The maximum absolute atomic E-state index is 11.7. The van der Waals surface area contributed by atoms with Crippen LogP contribution in [0.15, 0.2) is 36.4 Å². The van der Waals surface area contributed by atoms with Crippen molar-refractivity contribution in [1.29, 1.82) is 0 Å². The monoisotopic (exact) mass is 222 g/mol. The van der Waals surface area contributed by atoms with E-state index in [9.17, 15) is 4.79 Å². The molecule has 15 heavy (non-hydrogen) atoms. The molecular formula is C13H15ClO. The fourth-order valence-corrected chi connectivity index (χ4v) is 1.31. The summed E-state index contributed by atoms with van der Waals surface area (Å²) >= 11 is 5.91. The van der Waals surface area contributed by atoms with Crippen molar-refractivity contribution in [1.82, 2.24) is 0 Å². The Morgan fingerprint density at radius 2 is 1.87 bits per heavy atom. The molecule has 0 heterocycles. The number of carbonyl (C=O) groups excluding carboxylic acids is 1. The number of hydrogen-bond acceptors (Lipinski definition) is 1. The second kappa shape index (κ2) is 4.63. The fraction of sp³-hybridized carbons (Fsp3) is 0.308. The summed E-state index contributed by atoms with van der Waals surface area (Å²) in [7, 11) is 0. The zero-order valence-corrected chi connectivity index (χ0v) is 10.0. The average Bonchev–Trinajstić information content (AvgIpc) is 2.14. The summed E-state index contributed by atoms with van der Waals surface area (Å²) in [4.78, 5) is 11.7. The van der Waals surface area contributed by atoms with Crippen LogP contribution >= 0.6 is 11.6 Å². The zero-order chi connectivity index (χ0) is 11.5. The summed E-state index contributed by atoms with van der Waals surface area (Å²) in [6.45, 7) is 6.14. The number of ketones is 1. The summed E-state index contributed by atoms with van der Waals surface area (Å²) in [5.41, 5.74) is 0.566. The number of rotatable bonds is 2. The predicted molar refractivity (Wildman–Crippen MR) is 64.4 cm³/mol. The number of halogens is 1. The molecule has 80 valence electrons. The third-order valence-electron chi connectivity index (χ3n) is 1.87. The predicted octanol–water partition coefficient (Wildman–Crippen LogP) is 4.13. The number of benzene rings is 1. The molecule has 1 nitrogen and oxygen atoms in total. The number of allylic oxidation sites excluding steroid dienone is 2. The van der Waals surface area contributed by atoms with Crippen LogP contribution in [0.1, 0.15) is 31.1 Å². The van der Waals surface area contributed by atoms with Crippen LogP contribution in [0.25, 0.3) is 0 Å². The van der Waals surface area contributed by atoms with E-state index < -0.39 is 0 Å². The lowest BCUT2D eigenvalue weighted by Crippen LogP contribution is -2.02. The highest BCUT2D eigenvalue weighted by molar-refractivity contribution is 6.34. The van der Waals surface area contributed by atoms with Gasteiger partial charge in [-0.25, -0.2) is 0 Å². The zero-order valence-electron chi connectivity index (χ0n) is 9.25. The van der Waals surface area contributed by atoms with Crippen molar-refractivity contribution in [2.75, 3.05) is 0 Å². The van der Waals surface area contributed by atoms with E-state index in [-0.39, 0.29) is 11.2 Å². The van der Waals surface area contributed by atoms with Gasteiger partial charge in [-0.2, -0.15) is 0 Å². The minimum absolute atomic E-state index is 0.0108. The molecule has 2 heteroatoms. The van der Waals surface area contributed by atoms with Crippen molar-refractivity contribution in [3.8, 4) is 0 Å². The maximum atomic E-state index is 11.7. The lowest BCUT2D eigenvalue weighted by Gasteiger charge is -2.10. The second-order valence-electron chi connectivity index (χ2n) is 4.54. The van der Waals surface area contributed by atoms with Crippen molar-refractivity contribution < 1.29 is 4.79 Å². The summed E-state index contributed by atoms with van der Waals surface area (Å²) in [6.07, 6.45) is 3.47. The molecule has 0 N–H and O–H groups in total. The molecule has 0 unspecified atom stereocenters. The second-order valence-corrected chi connectivity index (χ2v) is 4.95. The van der Waals surface area contributed by atoms with Crippen LogP contribution in [0.4, 0.5) is 0 Å². The Labute approximate surface area is 95.8 Å². The van der Waals surface area contributed by atoms with Gasteiger partial charge < -0.3 is 0 Å². The van der Waals surface area contributed by atoms with E-state index in [0.717, 1.165) is 0 Å². The standard InChI is InChI=1S/C13H15ClO/c1-13(2,3)9-8-12(15)10-6-4-5-7-11(10)14/h4-9H,1-3H3/b9-8+. The van der Waals surface area contributed by atoms with E-state index in [1.54, 1.807) is 18.2 Å². The summed E-state index contributed by atoms with van der Waals surface area (Å²) < 4.78 is 0. The van der Waals surface area contributed by atoms with Crippen LogP contribution in [0.2, 0.25) is 5.02 Å². The molecule has 0 amide bonds. The Morgan fingerprint density at radius 1 is 1.27 bits per heavy atom. The van der Waals surface area contributed by atoms with Crippen molar-refractivity contribution in [2.45, 2.75) is 20.8 Å². The molecule has 1 rings (SSSR count). The first kappa shape index (κ1) is 12.0. The topological polar surface area (TPSA) is 17.1 Å². The van der Waals surface area contributed by atoms with Crippen molar-refractivity contribution in [2.24, 2.45) is 5.41 Å². The minimum atomic E-state index is -0.0458. The van der Waals surface area contributed by atoms with Gasteiger partial charge >= 0.3 is 0 Å². The number of carbonyl (C=O) groups is 1. The highest BCUT2D eigenvalue weighted by atomic mass is 35.5. The molecule has 0 aliphatic heterocycles. The summed E-state index contributed by atoms with van der Waals surface area (Å²) in [5.74, 6) is -0.0458. The molecule has 0 spiro atoms. The van der Waals surface area contributed by atoms with Gasteiger partial charge in [0.05, 0.1) is 5.02 Å². The largest absolute Gasteiger partial charge is 0.289 e. The van der Waals surface area contributed by atoms with E-state index in [1.165, 1.54) is 0 Å². The lowest BCUT2D eigenvalue weighted by molar-refractivity contribution is 0.104. The van der Waals surface area contributed by atoms with Crippen molar-refractivity contribution in [3.63, 3.8) is 0 Å². The molecule has 0 fully saturated rings. The van der Waals surface area contributed by atoms with Gasteiger partial charge in [0.15, 0.2) is 5.78 Å². The van der Waals surface area contributed by atoms with E-state index in [0.29, 0.717) is 10.6 Å².